The summed E-state index contributed by atoms with van der Waals surface area (Å²) in [6.07, 6.45) is -4.08. The van der Waals surface area contributed by atoms with Gasteiger partial charge in [-0.15, -0.1) is 24.8 Å². The smallest absolute Gasteiger partial charge is 0.417 e. The van der Waals surface area contributed by atoms with Crippen LogP contribution in [-0.2, 0) is 17.4 Å². The molecule has 1 N–H and O–H groups in total. The summed E-state index contributed by atoms with van der Waals surface area (Å²) in [5.74, 6) is 0.284. The van der Waals surface area contributed by atoms with Crippen molar-refractivity contribution in [2.24, 2.45) is 0 Å². The quantitative estimate of drug-likeness (QED) is 0.401. The van der Waals surface area contributed by atoms with Crippen molar-refractivity contribution in [3.05, 3.63) is 53.1 Å². The van der Waals surface area contributed by atoms with Crippen molar-refractivity contribution in [3.63, 3.8) is 0 Å². The van der Waals surface area contributed by atoms with E-state index in [0.717, 1.165) is 54.5 Å². The van der Waals surface area contributed by atoms with Crippen LogP contribution in [0.3, 0.4) is 0 Å². The van der Waals surface area contributed by atoms with Crippen LogP contribution >= 0.6 is 37.0 Å². The van der Waals surface area contributed by atoms with Gasteiger partial charge in [-0.2, -0.15) is 18.4 Å². The van der Waals surface area contributed by atoms with Gasteiger partial charge in [0, 0.05) is 37.9 Å². The fraction of sp³-hybridized carbons (Fsp3) is 0.464. The highest BCUT2D eigenvalue weighted by atomic mass is 35.5. The number of hydrogen-bond acceptors (Lipinski definition) is 6. The molecule has 41 heavy (non-hydrogen) atoms. The van der Waals surface area contributed by atoms with Crippen molar-refractivity contribution in [2.75, 3.05) is 42.6 Å². The third-order valence-corrected chi connectivity index (χ3v) is 7.52. The standard InChI is InChI=1S/C28H32F3N5O2S.2ClH/c1-5-19-14-22(8-9-24(19)38-13-12-34-11-10-33-18(2)17-34)36-26(39)35(25(37)27(36,3)4)21-7-6-20(16-32)23(15-21)28(29,30)31;;/h6-9,14-15,18,33H,5,10-13,17H2,1-4H3;2*1H/t18-;;/m0../s1. The highest BCUT2D eigenvalue weighted by Crippen LogP contribution is 2.40. The van der Waals surface area contributed by atoms with Gasteiger partial charge >= 0.3 is 6.18 Å². The number of hydrogen-bond donors (Lipinski definition) is 1. The normalized spacial score (nSPS) is 18.9. The maximum absolute atomic E-state index is 13.6. The number of thiocarbonyl (C=S) groups is 1. The number of nitriles is 1. The van der Waals surface area contributed by atoms with E-state index in [4.69, 9.17) is 22.2 Å². The maximum atomic E-state index is 13.6. The molecule has 1 atom stereocenters. The maximum Gasteiger partial charge on any atom is 0.417 e. The molecule has 0 aliphatic carbocycles. The summed E-state index contributed by atoms with van der Waals surface area (Å²) >= 11 is 5.66. The topological polar surface area (TPSA) is 71.8 Å². The first-order valence-electron chi connectivity index (χ1n) is 12.9. The van der Waals surface area contributed by atoms with Crippen LogP contribution in [-0.4, -0.2) is 60.3 Å². The number of benzene rings is 2. The molecule has 2 aromatic carbocycles. The molecule has 2 fully saturated rings. The minimum absolute atomic E-state index is 0. The number of alkyl halides is 3. The summed E-state index contributed by atoms with van der Waals surface area (Å²) in [6.45, 7) is 11.8. The van der Waals surface area contributed by atoms with Gasteiger partial charge in [-0.3, -0.25) is 14.6 Å². The number of anilines is 2. The Bertz CT molecular complexity index is 1320. The molecule has 224 valence electrons. The van der Waals surface area contributed by atoms with Crippen molar-refractivity contribution in [1.29, 1.82) is 5.26 Å². The first kappa shape index (κ1) is 34.6. The molecule has 2 heterocycles. The van der Waals surface area contributed by atoms with Gasteiger partial charge in [-0.25, -0.2) is 0 Å². The number of nitrogens with zero attached hydrogens (tertiary/aromatic N) is 4. The van der Waals surface area contributed by atoms with Crippen LogP contribution in [0, 0.1) is 11.3 Å². The lowest BCUT2D eigenvalue weighted by Crippen LogP contribution is -2.50. The first-order chi connectivity index (χ1) is 18.4. The van der Waals surface area contributed by atoms with Crippen molar-refractivity contribution >= 4 is 59.4 Å². The third-order valence-electron chi connectivity index (χ3n) is 7.16. The molecule has 0 bridgehead atoms. The number of nitrogens with one attached hydrogen (secondary N) is 1. The molecule has 7 nitrogen and oxygen atoms in total. The lowest BCUT2D eigenvalue weighted by Gasteiger charge is -2.32. The zero-order chi connectivity index (χ0) is 28.5. The number of halogens is 5. The molecule has 0 saturated carbocycles. The summed E-state index contributed by atoms with van der Waals surface area (Å²) in [5, 5.41) is 12.6. The zero-order valence-electron chi connectivity index (χ0n) is 23.2. The lowest BCUT2D eigenvalue weighted by atomic mass is 10.0. The fourth-order valence-corrected chi connectivity index (χ4v) is 5.60. The Balaban J connectivity index is 0.00000294. The molecule has 0 unspecified atom stereocenters. The van der Waals surface area contributed by atoms with Crippen LogP contribution in [0.4, 0.5) is 24.5 Å². The van der Waals surface area contributed by atoms with E-state index in [0.29, 0.717) is 24.8 Å². The van der Waals surface area contributed by atoms with Gasteiger partial charge in [-0.05, 0) is 81.4 Å². The second kappa shape index (κ2) is 13.6. The molecule has 4 rings (SSSR count). The van der Waals surface area contributed by atoms with Crippen LogP contribution in [0.15, 0.2) is 36.4 Å². The Kier molecular flexibility index (Phi) is 11.4. The van der Waals surface area contributed by atoms with Gasteiger partial charge in [0.15, 0.2) is 5.11 Å². The molecule has 0 spiro atoms. The van der Waals surface area contributed by atoms with Crippen molar-refractivity contribution in [1.82, 2.24) is 10.2 Å². The van der Waals surface area contributed by atoms with Crippen LogP contribution in [0.1, 0.15) is 44.4 Å². The first-order valence-corrected chi connectivity index (χ1v) is 13.3. The zero-order valence-corrected chi connectivity index (χ0v) is 25.7. The van der Waals surface area contributed by atoms with Crippen LogP contribution in [0.5, 0.6) is 5.75 Å². The van der Waals surface area contributed by atoms with E-state index >= 15 is 0 Å². The number of aryl methyl sites for hydroxylation is 1. The van der Waals surface area contributed by atoms with Crippen molar-refractivity contribution in [3.8, 4) is 11.8 Å². The van der Waals surface area contributed by atoms with Gasteiger partial charge < -0.3 is 15.0 Å². The van der Waals surface area contributed by atoms with Gasteiger partial charge in [0.05, 0.1) is 22.9 Å². The van der Waals surface area contributed by atoms with Gasteiger partial charge in [0.25, 0.3) is 5.91 Å². The Labute approximate surface area is 256 Å². The number of ether oxygens (including phenoxy) is 1. The molecular formula is C28H34Cl2F3N5O2S. The molecule has 0 radical (unpaired) electrons. The lowest BCUT2D eigenvalue weighted by molar-refractivity contribution is -0.137. The fourth-order valence-electron chi connectivity index (χ4n) is 5.08. The second-order valence-corrected chi connectivity index (χ2v) is 10.7. The molecule has 2 aliphatic heterocycles. The van der Waals surface area contributed by atoms with E-state index in [1.807, 2.05) is 25.1 Å². The van der Waals surface area contributed by atoms with Crippen LogP contribution in [0.25, 0.3) is 0 Å². The van der Waals surface area contributed by atoms with E-state index in [2.05, 4.69) is 17.1 Å². The molecule has 13 heteroatoms. The minimum atomic E-state index is -4.75. The molecule has 2 aliphatic rings. The Morgan fingerprint density at radius 2 is 1.85 bits per heavy atom. The molecule has 1 amide bonds. The van der Waals surface area contributed by atoms with E-state index < -0.39 is 28.7 Å². The molecule has 0 aromatic heterocycles. The summed E-state index contributed by atoms with van der Waals surface area (Å²) < 4.78 is 46.9. The average Bonchev–Trinajstić information content (AvgIpc) is 3.06. The van der Waals surface area contributed by atoms with E-state index in [9.17, 15) is 18.0 Å². The van der Waals surface area contributed by atoms with E-state index in [1.165, 1.54) is 6.07 Å². The monoisotopic (exact) mass is 631 g/mol. The highest BCUT2D eigenvalue weighted by Gasteiger charge is 2.50. The minimum Gasteiger partial charge on any atom is -0.492 e. The van der Waals surface area contributed by atoms with Crippen molar-refractivity contribution in [2.45, 2.75) is 51.9 Å². The largest absolute Gasteiger partial charge is 0.492 e. The molecule has 2 aromatic rings. The number of amides is 1. The summed E-state index contributed by atoms with van der Waals surface area (Å²) in [4.78, 5) is 18.6. The Hall–Kier alpha value is -2.62. The van der Waals surface area contributed by atoms with Crippen LogP contribution in [0.2, 0.25) is 0 Å². The Morgan fingerprint density at radius 3 is 2.46 bits per heavy atom. The second-order valence-electron chi connectivity index (χ2n) is 10.3. The van der Waals surface area contributed by atoms with Crippen molar-refractivity contribution < 1.29 is 22.7 Å². The highest BCUT2D eigenvalue weighted by molar-refractivity contribution is 7.81. The molecule has 2 saturated heterocycles. The van der Waals surface area contributed by atoms with E-state index in [-0.39, 0.29) is 35.6 Å². The van der Waals surface area contributed by atoms with Crippen LogP contribution < -0.4 is 19.9 Å². The average molecular weight is 633 g/mol. The predicted octanol–water partition coefficient (Wildman–Crippen LogP) is 5.57. The van der Waals surface area contributed by atoms with Gasteiger partial charge in [-0.1, -0.05) is 6.92 Å². The van der Waals surface area contributed by atoms with Gasteiger partial charge in [0.2, 0.25) is 0 Å². The van der Waals surface area contributed by atoms with Gasteiger partial charge in [0.1, 0.15) is 17.9 Å². The summed E-state index contributed by atoms with van der Waals surface area (Å²) in [5.41, 5.74) is -1.25. The predicted molar refractivity (Wildman–Crippen MR) is 163 cm³/mol. The number of carbonyl (C=O) groups is 1. The van der Waals surface area contributed by atoms with E-state index in [1.54, 1.807) is 24.8 Å². The number of piperazine rings is 1. The summed E-state index contributed by atoms with van der Waals surface area (Å²) in [6, 6.07) is 10.8. The summed E-state index contributed by atoms with van der Waals surface area (Å²) in [7, 11) is 0. The third kappa shape index (κ3) is 7.07. The number of rotatable bonds is 7. The SMILES string of the molecule is CCc1cc(N2C(=S)N(c3ccc(C#N)c(C(F)(F)F)c3)C(=O)C2(C)C)ccc1OCCN1CCN[C@@H](C)C1.Cl.Cl. The molecular weight excluding hydrogens is 598 g/mol. The Morgan fingerprint density at radius 1 is 1.17 bits per heavy atom. The number of carbonyl (C=O) groups excluding carboxylic acids is 1.